The van der Waals surface area contributed by atoms with E-state index < -0.39 is 5.54 Å². The third kappa shape index (κ3) is 2.72. The lowest BCUT2D eigenvalue weighted by Gasteiger charge is -2.27. The maximum absolute atomic E-state index is 12.3. The number of aryl methyl sites for hydroxylation is 1. The molecule has 7 nitrogen and oxygen atoms in total. The first kappa shape index (κ1) is 15.8. The molecule has 0 aliphatic rings. The predicted molar refractivity (Wildman–Crippen MR) is 83.1 cm³/mol. The van der Waals surface area contributed by atoms with Crippen LogP contribution in [0.1, 0.15) is 26.7 Å². The number of aromatic nitrogens is 4. The molecule has 22 heavy (non-hydrogen) atoms. The number of carbonyl (C=O) groups excluding carboxylic acids is 1. The second kappa shape index (κ2) is 6.02. The summed E-state index contributed by atoms with van der Waals surface area (Å²) in [5.41, 5.74) is -0.485. The first-order valence-electron chi connectivity index (χ1n) is 7.12. The van der Waals surface area contributed by atoms with Gasteiger partial charge in [-0.15, -0.1) is 6.42 Å². The van der Waals surface area contributed by atoms with Crippen molar-refractivity contribution in [2.24, 2.45) is 7.05 Å². The van der Waals surface area contributed by atoms with Gasteiger partial charge in [0.25, 0.3) is 5.56 Å². The van der Waals surface area contributed by atoms with Crippen molar-refractivity contribution in [3.63, 3.8) is 0 Å². The third-order valence-electron chi connectivity index (χ3n) is 3.89. The Morgan fingerprint density at radius 3 is 2.73 bits per heavy atom. The quantitative estimate of drug-likeness (QED) is 0.812. The summed E-state index contributed by atoms with van der Waals surface area (Å²) in [5, 5.41) is 7.20. The minimum absolute atomic E-state index is 0.125. The van der Waals surface area contributed by atoms with Crippen molar-refractivity contribution in [3.8, 4) is 12.3 Å². The normalized spacial score (nSPS) is 11.4. The molecule has 0 spiro atoms. The molecule has 0 saturated carbocycles. The number of carbonyl (C=O) groups is 1. The van der Waals surface area contributed by atoms with E-state index >= 15 is 0 Å². The highest BCUT2D eigenvalue weighted by Gasteiger charge is 2.25. The van der Waals surface area contributed by atoms with Gasteiger partial charge in [0.2, 0.25) is 5.91 Å². The van der Waals surface area contributed by atoms with Gasteiger partial charge in [-0.1, -0.05) is 19.8 Å². The lowest BCUT2D eigenvalue weighted by atomic mass is 9.94. The monoisotopic (exact) mass is 301 g/mol. The van der Waals surface area contributed by atoms with Gasteiger partial charge in [0, 0.05) is 7.05 Å². The number of hydrogen-bond acceptors (Lipinski definition) is 4. The fourth-order valence-electron chi connectivity index (χ4n) is 2.31. The molecule has 1 amide bonds. The maximum atomic E-state index is 12.3. The Labute approximate surface area is 128 Å². The van der Waals surface area contributed by atoms with Crippen molar-refractivity contribution in [1.29, 1.82) is 0 Å². The van der Waals surface area contributed by atoms with E-state index in [0.717, 1.165) is 0 Å². The SMILES string of the molecule is C#CC(CC)(CC)NC(=O)Cn1cnc2c(cnn2C)c1=O. The van der Waals surface area contributed by atoms with E-state index in [1.54, 1.807) is 7.05 Å². The van der Waals surface area contributed by atoms with Crippen LogP contribution < -0.4 is 10.9 Å². The standard InChI is InChI=1S/C15H19N5O2/c1-5-15(6-2,7-3)18-12(21)9-20-10-16-13-11(14(20)22)8-17-19(13)4/h1,8,10H,6-7,9H2,2-4H3,(H,18,21). The Hall–Kier alpha value is -2.62. The Balaban J connectivity index is 2.24. The first-order valence-corrected chi connectivity index (χ1v) is 7.12. The van der Waals surface area contributed by atoms with Crippen molar-refractivity contribution in [1.82, 2.24) is 24.6 Å². The summed E-state index contributed by atoms with van der Waals surface area (Å²) < 4.78 is 2.77. The fourth-order valence-corrected chi connectivity index (χ4v) is 2.31. The van der Waals surface area contributed by atoms with Crippen LogP contribution >= 0.6 is 0 Å². The van der Waals surface area contributed by atoms with Gasteiger partial charge >= 0.3 is 0 Å². The lowest BCUT2D eigenvalue weighted by Crippen LogP contribution is -2.48. The topological polar surface area (TPSA) is 81.8 Å². The van der Waals surface area contributed by atoms with E-state index in [1.807, 2.05) is 13.8 Å². The van der Waals surface area contributed by atoms with E-state index in [2.05, 4.69) is 21.3 Å². The van der Waals surface area contributed by atoms with Crippen molar-refractivity contribution in [3.05, 3.63) is 22.9 Å². The van der Waals surface area contributed by atoms with E-state index in [0.29, 0.717) is 23.9 Å². The lowest BCUT2D eigenvalue weighted by molar-refractivity contribution is -0.123. The summed E-state index contributed by atoms with van der Waals surface area (Å²) in [5.74, 6) is 2.32. The highest BCUT2D eigenvalue weighted by molar-refractivity contribution is 5.78. The van der Waals surface area contributed by atoms with E-state index in [9.17, 15) is 9.59 Å². The van der Waals surface area contributed by atoms with Crippen molar-refractivity contribution >= 4 is 16.9 Å². The summed E-state index contributed by atoms with van der Waals surface area (Å²) >= 11 is 0. The predicted octanol–water partition coefficient (Wildman–Crippen LogP) is 0.438. The van der Waals surface area contributed by atoms with Crippen LogP contribution in [0.2, 0.25) is 0 Å². The maximum Gasteiger partial charge on any atom is 0.264 e. The molecule has 2 heterocycles. The Morgan fingerprint density at radius 2 is 2.14 bits per heavy atom. The molecule has 0 radical (unpaired) electrons. The van der Waals surface area contributed by atoms with Crippen LogP contribution in [-0.4, -0.2) is 30.8 Å². The van der Waals surface area contributed by atoms with Gasteiger partial charge < -0.3 is 5.32 Å². The average molecular weight is 301 g/mol. The van der Waals surface area contributed by atoms with Crippen molar-refractivity contribution in [2.45, 2.75) is 38.8 Å². The van der Waals surface area contributed by atoms with Crippen LogP contribution in [0, 0.1) is 12.3 Å². The zero-order valence-corrected chi connectivity index (χ0v) is 13.0. The fraction of sp³-hybridized carbons (Fsp3) is 0.467. The van der Waals surface area contributed by atoms with Crippen LogP contribution in [0.5, 0.6) is 0 Å². The number of rotatable bonds is 5. The average Bonchev–Trinajstić information content (AvgIpc) is 2.90. The molecule has 0 aliphatic heterocycles. The summed E-state index contributed by atoms with van der Waals surface area (Å²) in [6, 6.07) is 0. The highest BCUT2D eigenvalue weighted by Crippen LogP contribution is 2.13. The van der Waals surface area contributed by atoms with Crippen LogP contribution in [0.4, 0.5) is 0 Å². The van der Waals surface area contributed by atoms with Gasteiger partial charge in [-0.25, -0.2) is 4.98 Å². The molecule has 2 aromatic rings. The summed E-state index contributed by atoms with van der Waals surface area (Å²) in [7, 11) is 1.70. The molecule has 2 aromatic heterocycles. The molecule has 0 unspecified atom stereocenters. The zero-order valence-electron chi connectivity index (χ0n) is 13.0. The molecule has 1 N–H and O–H groups in total. The van der Waals surface area contributed by atoms with Gasteiger partial charge in [-0.2, -0.15) is 5.10 Å². The second-order valence-electron chi connectivity index (χ2n) is 5.16. The number of fused-ring (bicyclic) bond motifs is 1. The number of terminal acetylenes is 1. The van der Waals surface area contributed by atoms with Crippen molar-refractivity contribution in [2.75, 3.05) is 0 Å². The van der Waals surface area contributed by atoms with Gasteiger partial charge in [-0.3, -0.25) is 18.8 Å². The van der Waals surface area contributed by atoms with Crippen LogP contribution in [0.15, 0.2) is 17.3 Å². The van der Waals surface area contributed by atoms with Gasteiger partial charge in [-0.05, 0) is 12.8 Å². The molecule has 2 rings (SSSR count). The number of nitrogens with one attached hydrogen (secondary N) is 1. The molecule has 0 bridgehead atoms. The Bertz CT molecular complexity index is 792. The molecular weight excluding hydrogens is 282 g/mol. The summed E-state index contributed by atoms with van der Waals surface area (Å²) in [6.07, 6.45) is 9.57. The minimum Gasteiger partial charge on any atom is -0.338 e. The van der Waals surface area contributed by atoms with Crippen molar-refractivity contribution < 1.29 is 4.79 Å². The molecule has 7 heteroatoms. The molecule has 0 aliphatic carbocycles. The van der Waals surface area contributed by atoms with Gasteiger partial charge in [0.15, 0.2) is 5.65 Å². The van der Waals surface area contributed by atoms with E-state index in [-0.39, 0.29) is 18.0 Å². The molecule has 0 atom stereocenters. The van der Waals surface area contributed by atoms with E-state index in [4.69, 9.17) is 6.42 Å². The second-order valence-corrected chi connectivity index (χ2v) is 5.16. The third-order valence-corrected chi connectivity index (χ3v) is 3.89. The van der Waals surface area contributed by atoms with E-state index in [1.165, 1.54) is 21.8 Å². The number of hydrogen-bond donors (Lipinski definition) is 1. The molecule has 0 saturated heterocycles. The van der Waals surface area contributed by atoms with Gasteiger partial charge in [0.05, 0.1) is 6.20 Å². The number of nitrogens with zero attached hydrogens (tertiary/aromatic N) is 4. The molecule has 0 fully saturated rings. The molecular formula is C15H19N5O2. The zero-order chi connectivity index (χ0) is 16.3. The molecule has 0 aromatic carbocycles. The Kier molecular flexibility index (Phi) is 4.31. The first-order chi connectivity index (χ1) is 10.5. The largest absolute Gasteiger partial charge is 0.338 e. The summed E-state index contributed by atoms with van der Waals surface area (Å²) in [6.45, 7) is 3.71. The van der Waals surface area contributed by atoms with Crippen LogP contribution in [0.25, 0.3) is 11.0 Å². The number of amides is 1. The highest BCUT2D eigenvalue weighted by atomic mass is 16.2. The Morgan fingerprint density at radius 1 is 1.45 bits per heavy atom. The summed E-state index contributed by atoms with van der Waals surface area (Å²) in [4.78, 5) is 28.6. The van der Waals surface area contributed by atoms with Crippen LogP contribution in [0.3, 0.4) is 0 Å². The van der Waals surface area contributed by atoms with Gasteiger partial charge in [0.1, 0.15) is 23.8 Å². The minimum atomic E-state index is -0.674. The smallest absolute Gasteiger partial charge is 0.264 e. The molecule has 116 valence electrons. The van der Waals surface area contributed by atoms with Crippen LogP contribution in [-0.2, 0) is 18.4 Å².